The summed E-state index contributed by atoms with van der Waals surface area (Å²) in [7, 11) is -3.86. The number of hydrogen-bond acceptors (Lipinski definition) is 5. The van der Waals surface area contributed by atoms with E-state index in [1.165, 1.54) is 18.2 Å². The fourth-order valence-corrected chi connectivity index (χ4v) is 3.73. The number of ether oxygens (including phenoxy) is 2. The molecule has 2 aromatic carbocycles. The van der Waals surface area contributed by atoms with Crippen LogP contribution in [-0.4, -0.2) is 27.7 Å². The van der Waals surface area contributed by atoms with E-state index in [9.17, 15) is 13.2 Å². The lowest BCUT2D eigenvalue weighted by atomic mass is 10.1. The van der Waals surface area contributed by atoms with Gasteiger partial charge < -0.3 is 9.47 Å². The first-order valence-corrected chi connectivity index (χ1v) is 10.1. The molecule has 8 heteroatoms. The van der Waals surface area contributed by atoms with E-state index in [1.54, 1.807) is 13.8 Å². The van der Waals surface area contributed by atoms with Crippen molar-refractivity contribution in [3.63, 3.8) is 0 Å². The summed E-state index contributed by atoms with van der Waals surface area (Å²) < 4.78 is 38.6. The summed E-state index contributed by atoms with van der Waals surface area (Å²) in [4.78, 5) is 11.8. The number of nitrogens with one attached hydrogen (secondary N) is 2. The number of hydrogen-bond donors (Lipinski definition) is 2. The molecule has 0 aliphatic heterocycles. The van der Waals surface area contributed by atoms with Gasteiger partial charge >= 0.3 is 6.09 Å². The van der Waals surface area contributed by atoms with Crippen molar-refractivity contribution in [3.05, 3.63) is 47.5 Å². The Morgan fingerprint density at radius 1 is 1.04 bits per heavy atom. The number of para-hydroxylation sites is 1. The molecule has 0 bridgehead atoms. The molecule has 2 N–H and O–H groups in total. The van der Waals surface area contributed by atoms with Gasteiger partial charge in [0, 0.05) is 0 Å². The minimum Gasteiger partial charge on any atom is -0.492 e. The molecular formula is C19H24N2O5S. The number of carbonyl (C=O) groups excluding carboxylic acids is 1. The fourth-order valence-electron chi connectivity index (χ4n) is 2.50. The summed E-state index contributed by atoms with van der Waals surface area (Å²) in [6.45, 7) is 7.69. The largest absolute Gasteiger partial charge is 0.492 e. The Bertz CT molecular complexity index is 905. The standard InChI is InChI=1S/C19H24N2O5S/c1-5-25-17-11-10-15(12-16(17)20-19(22)26-6-2)27(23,24)21-18-13(3)8-7-9-14(18)4/h7-12,21H,5-6H2,1-4H3,(H,20,22). The lowest BCUT2D eigenvalue weighted by Crippen LogP contribution is -2.17. The molecule has 0 heterocycles. The van der Waals surface area contributed by atoms with Crippen molar-refractivity contribution in [2.24, 2.45) is 0 Å². The first-order valence-electron chi connectivity index (χ1n) is 8.58. The maximum absolute atomic E-state index is 12.8. The SMILES string of the molecule is CCOC(=O)Nc1cc(S(=O)(=O)Nc2c(C)cccc2C)ccc1OCC. The second-order valence-electron chi connectivity index (χ2n) is 5.81. The van der Waals surface area contributed by atoms with Crippen molar-refractivity contribution in [2.75, 3.05) is 23.3 Å². The first kappa shape index (κ1) is 20.6. The second kappa shape index (κ2) is 8.77. The lowest BCUT2D eigenvalue weighted by Gasteiger charge is -2.16. The van der Waals surface area contributed by atoms with Gasteiger partial charge in [-0.1, -0.05) is 18.2 Å². The van der Waals surface area contributed by atoms with Gasteiger partial charge in [-0.3, -0.25) is 10.0 Å². The predicted molar refractivity (Wildman–Crippen MR) is 105 cm³/mol. The Morgan fingerprint density at radius 2 is 1.70 bits per heavy atom. The van der Waals surface area contributed by atoms with E-state index >= 15 is 0 Å². The molecule has 0 spiro atoms. The summed E-state index contributed by atoms with van der Waals surface area (Å²) in [5.74, 6) is 0.358. The van der Waals surface area contributed by atoms with E-state index < -0.39 is 16.1 Å². The van der Waals surface area contributed by atoms with Crippen molar-refractivity contribution in [1.29, 1.82) is 0 Å². The fraction of sp³-hybridized carbons (Fsp3) is 0.316. The predicted octanol–water partition coefficient (Wildman–Crippen LogP) is 4.07. The minimum absolute atomic E-state index is 0.000375. The zero-order valence-corrected chi connectivity index (χ0v) is 16.6. The van der Waals surface area contributed by atoms with Gasteiger partial charge in [-0.2, -0.15) is 0 Å². The molecule has 0 saturated carbocycles. The Labute approximate surface area is 159 Å². The summed E-state index contributed by atoms with van der Waals surface area (Å²) >= 11 is 0. The van der Waals surface area contributed by atoms with Crippen molar-refractivity contribution < 1.29 is 22.7 Å². The maximum atomic E-state index is 12.8. The summed E-state index contributed by atoms with van der Waals surface area (Å²) in [5.41, 5.74) is 2.38. The van der Waals surface area contributed by atoms with Gasteiger partial charge in [0.05, 0.1) is 29.5 Å². The molecule has 27 heavy (non-hydrogen) atoms. The number of sulfonamides is 1. The van der Waals surface area contributed by atoms with Crippen LogP contribution in [-0.2, 0) is 14.8 Å². The van der Waals surface area contributed by atoms with Crippen LogP contribution < -0.4 is 14.8 Å². The number of anilines is 2. The summed E-state index contributed by atoms with van der Waals surface area (Å²) in [5, 5.41) is 2.52. The van der Waals surface area contributed by atoms with Gasteiger partial charge in [-0.25, -0.2) is 13.2 Å². The Kier molecular flexibility index (Phi) is 6.68. The highest BCUT2D eigenvalue weighted by Gasteiger charge is 2.19. The zero-order valence-electron chi connectivity index (χ0n) is 15.8. The van der Waals surface area contributed by atoms with Crippen LogP contribution in [0.5, 0.6) is 5.75 Å². The third-order valence-corrected chi connectivity index (χ3v) is 5.14. The van der Waals surface area contributed by atoms with Gasteiger partial charge in [0.25, 0.3) is 10.0 Å². The van der Waals surface area contributed by atoms with Gasteiger partial charge in [0.1, 0.15) is 5.75 Å². The maximum Gasteiger partial charge on any atom is 0.411 e. The van der Waals surface area contributed by atoms with Crippen molar-refractivity contribution >= 4 is 27.5 Å². The topological polar surface area (TPSA) is 93.7 Å². The molecule has 146 valence electrons. The Morgan fingerprint density at radius 3 is 2.30 bits per heavy atom. The number of rotatable bonds is 7. The van der Waals surface area contributed by atoms with E-state index in [0.29, 0.717) is 18.0 Å². The highest BCUT2D eigenvalue weighted by atomic mass is 32.2. The highest BCUT2D eigenvalue weighted by molar-refractivity contribution is 7.92. The Hall–Kier alpha value is -2.74. The Balaban J connectivity index is 2.40. The number of amides is 1. The third kappa shape index (κ3) is 5.13. The van der Waals surface area contributed by atoms with E-state index in [0.717, 1.165) is 11.1 Å². The van der Waals surface area contributed by atoms with E-state index in [4.69, 9.17) is 9.47 Å². The minimum atomic E-state index is -3.86. The van der Waals surface area contributed by atoms with E-state index in [2.05, 4.69) is 10.0 Å². The molecular weight excluding hydrogens is 368 g/mol. The molecule has 0 fully saturated rings. The molecule has 7 nitrogen and oxygen atoms in total. The molecule has 2 aromatic rings. The van der Waals surface area contributed by atoms with Gasteiger partial charge in [-0.05, 0) is 57.0 Å². The van der Waals surface area contributed by atoms with Crippen LogP contribution in [0.25, 0.3) is 0 Å². The number of aryl methyl sites for hydroxylation is 2. The van der Waals surface area contributed by atoms with Crippen LogP contribution in [0.4, 0.5) is 16.2 Å². The van der Waals surface area contributed by atoms with Gasteiger partial charge in [-0.15, -0.1) is 0 Å². The van der Waals surface area contributed by atoms with Crippen LogP contribution in [0.1, 0.15) is 25.0 Å². The molecule has 0 aromatic heterocycles. The van der Waals surface area contributed by atoms with Crippen LogP contribution in [0, 0.1) is 13.8 Å². The molecule has 2 rings (SSSR count). The highest BCUT2D eigenvalue weighted by Crippen LogP contribution is 2.30. The molecule has 0 aliphatic rings. The van der Waals surface area contributed by atoms with Crippen molar-refractivity contribution in [2.45, 2.75) is 32.6 Å². The summed E-state index contributed by atoms with van der Waals surface area (Å²) in [6, 6.07) is 9.80. The van der Waals surface area contributed by atoms with E-state index in [-0.39, 0.29) is 17.2 Å². The van der Waals surface area contributed by atoms with Crippen LogP contribution >= 0.6 is 0 Å². The number of carbonyl (C=O) groups is 1. The van der Waals surface area contributed by atoms with Crippen LogP contribution in [0.3, 0.4) is 0 Å². The molecule has 1 amide bonds. The first-order chi connectivity index (χ1) is 12.8. The average molecular weight is 392 g/mol. The third-order valence-electron chi connectivity index (χ3n) is 3.79. The monoisotopic (exact) mass is 392 g/mol. The molecule has 0 saturated heterocycles. The second-order valence-corrected chi connectivity index (χ2v) is 7.49. The number of benzene rings is 2. The lowest BCUT2D eigenvalue weighted by molar-refractivity contribution is 0.167. The van der Waals surface area contributed by atoms with Gasteiger partial charge in [0.15, 0.2) is 0 Å². The van der Waals surface area contributed by atoms with Crippen LogP contribution in [0.2, 0.25) is 0 Å². The smallest absolute Gasteiger partial charge is 0.411 e. The zero-order chi connectivity index (χ0) is 20.0. The normalized spacial score (nSPS) is 11.0. The van der Waals surface area contributed by atoms with Gasteiger partial charge in [0.2, 0.25) is 0 Å². The summed E-state index contributed by atoms with van der Waals surface area (Å²) in [6.07, 6.45) is -0.685. The van der Waals surface area contributed by atoms with E-state index in [1.807, 2.05) is 32.0 Å². The quantitative estimate of drug-likeness (QED) is 0.741. The van der Waals surface area contributed by atoms with Crippen molar-refractivity contribution in [1.82, 2.24) is 0 Å². The van der Waals surface area contributed by atoms with Crippen LogP contribution in [0.15, 0.2) is 41.3 Å². The molecule has 0 atom stereocenters. The molecule has 0 aliphatic carbocycles. The van der Waals surface area contributed by atoms with Crippen molar-refractivity contribution in [3.8, 4) is 5.75 Å². The average Bonchev–Trinajstić information content (AvgIpc) is 2.60. The molecule has 0 unspecified atom stereocenters. The molecule has 0 radical (unpaired) electrons.